The van der Waals surface area contributed by atoms with Crippen molar-refractivity contribution in [1.29, 1.82) is 0 Å². The van der Waals surface area contributed by atoms with E-state index in [1.807, 2.05) is 30.3 Å². The number of fused-ring (bicyclic) bond motifs is 6. The minimum absolute atomic E-state index is 0.173. The molecule has 2 aliphatic heterocycles. The van der Waals surface area contributed by atoms with Gasteiger partial charge in [-0.25, -0.2) is 9.59 Å². The van der Waals surface area contributed by atoms with Crippen LogP contribution < -0.4 is 9.47 Å². The zero-order chi connectivity index (χ0) is 17.0. The number of hydrogen-bond acceptors (Lipinski definition) is 6. The summed E-state index contributed by atoms with van der Waals surface area (Å²) in [7, 11) is 0. The minimum atomic E-state index is -1.09. The maximum Gasteiger partial charge on any atom is 0.524 e. The van der Waals surface area contributed by atoms with E-state index in [-0.39, 0.29) is 11.5 Å². The minimum Gasteiger partial charge on any atom is -0.391 e. The molecule has 0 bridgehead atoms. The van der Waals surface area contributed by atoms with E-state index in [0.717, 1.165) is 17.4 Å². The number of benzene rings is 3. The van der Waals surface area contributed by atoms with Crippen molar-refractivity contribution in [2.45, 2.75) is 16.2 Å². The Kier molecular flexibility index (Phi) is 3.02. The van der Waals surface area contributed by atoms with Crippen LogP contribution in [0.3, 0.4) is 0 Å². The summed E-state index contributed by atoms with van der Waals surface area (Å²) >= 11 is 1.72. The lowest BCUT2D eigenvalue weighted by Gasteiger charge is -2.21. The third-order valence-electron chi connectivity index (χ3n) is 4.29. The van der Waals surface area contributed by atoms with Gasteiger partial charge < -0.3 is 14.2 Å². The van der Waals surface area contributed by atoms with Crippen molar-refractivity contribution in [3.05, 3.63) is 59.7 Å². The quantitative estimate of drug-likeness (QED) is 0.255. The van der Waals surface area contributed by atoms with E-state index in [0.29, 0.717) is 5.39 Å². The molecule has 0 spiro atoms. The summed E-state index contributed by atoms with van der Waals surface area (Å²) in [6.07, 6.45) is -1.39. The molecule has 2 aliphatic rings. The maximum atomic E-state index is 11.6. The lowest BCUT2D eigenvalue weighted by atomic mass is 9.97. The fourth-order valence-corrected chi connectivity index (χ4v) is 4.30. The van der Waals surface area contributed by atoms with Crippen LogP contribution >= 0.6 is 11.8 Å². The molecule has 0 saturated carbocycles. The summed E-state index contributed by atoms with van der Waals surface area (Å²) in [5.41, 5.74) is 2.42. The molecule has 5 rings (SSSR count). The van der Waals surface area contributed by atoms with E-state index in [9.17, 15) is 9.59 Å². The highest BCUT2D eigenvalue weighted by Crippen LogP contribution is 2.46. The van der Waals surface area contributed by atoms with Gasteiger partial charge >= 0.3 is 12.3 Å². The molecule has 0 atom stereocenters. The van der Waals surface area contributed by atoms with Crippen molar-refractivity contribution in [3.8, 4) is 11.5 Å². The lowest BCUT2D eigenvalue weighted by molar-refractivity contribution is 0.0999. The molecule has 0 fully saturated rings. The van der Waals surface area contributed by atoms with E-state index >= 15 is 0 Å². The van der Waals surface area contributed by atoms with Gasteiger partial charge in [-0.1, -0.05) is 36.0 Å². The highest BCUT2D eigenvalue weighted by Gasteiger charge is 2.27. The van der Waals surface area contributed by atoms with Gasteiger partial charge in [-0.3, -0.25) is 0 Å². The summed E-state index contributed by atoms with van der Waals surface area (Å²) < 4.78 is 14.6. The summed E-state index contributed by atoms with van der Waals surface area (Å²) in [6.45, 7) is 0. The highest BCUT2D eigenvalue weighted by molar-refractivity contribution is 7.99. The predicted molar refractivity (Wildman–Crippen MR) is 90.5 cm³/mol. The van der Waals surface area contributed by atoms with Crippen LogP contribution in [0.2, 0.25) is 0 Å². The standard InChI is InChI=1S/C19H10O5S/c20-18-22-14-7-5-11-12(17(14)23-19(21)24-18)6-8-16-13(11)9-10-3-1-2-4-15(10)25-16/h1-8H,9H2. The molecule has 0 aromatic heterocycles. The zero-order valence-corrected chi connectivity index (χ0v) is 13.6. The average Bonchev–Trinajstić information content (AvgIpc) is 2.76. The Labute approximate surface area is 146 Å². The second-order valence-electron chi connectivity index (χ2n) is 5.72. The van der Waals surface area contributed by atoms with Gasteiger partial charge in [0.05, 0.1) is 0 Å². The van der Waals surface area contributed by atoms with E-state index in [1.165, 1.54) is 15.4 Å². The van der Waals surface area contributed by atoms with Gasteiger partial charge in [0.2, 0.25) is 0 Å². The van der Waals surface area contributed by atoms with E-state index in [1.54, 1.807) is 17.8 Å². The molecular formula is C19H10O5S. The van der Waals surface area contributed by atoms with Gasteiger partial charge in [0.1, 0.15) is 0 Å². The molecule has 0 unspecified atom stereocenters. The van der Waals surface area contributed by atoms with Crippen LogP contribution in [0, 0.1) is 0 Å². The van der Waals surface area contributed by atoms with E-state index in [2.05, 4.69) is 16.9 Å². The first kappa shape index (κ1) is 14.4. The fourth-order valence-electron chi connectivity index (χ4n) is 3.21. The number of hydrogen-bond donors (Lipinski definition) is 0. The Morgan fingerprint density at radius 3 is 2.48 bits per heavy atom. The second kappa shape index (κ2) is 5.26. The van der Waals surface area contributed by atoms with Crippen LogP contribution in [0.4, 0.5) is 9.59 Å². The highest BCUT2D eigenvalue weighted by atomic mass is 32.2. The SMILES string of the molecule is O=C1OC(=O)Oc2c(ccc3c4c(ccc23)Sc2ccccc2C4)O1. The Hall–Kier alpha value is -2.99. The fraction of sp³-hybridized carbons (Fsp3) is 0.0526. The number of ether oxygens (including phenoxy) is 3. The predicted octanol–water partition coefficient (Wildman–Crippen LogP) is 4.92. The molecular weight excluding hydrogens is 340 g/mol. The second-order valence-corrected chi connectivity index (χ2v) is 6.81. The monoisotopic (exact) mass is 350 g/mol. The van der Waals surface area contributed by atoms with Crippen LogP contribution in [0.5, 0.6) is 11.5 Å². The molecule has 6 heteroatoms. The molecule has 0 N–H and O–H groups in total. The largest absolute Gasteiger partial charge is 0.524 e. The third kappa shape index (κ3) is 2.26. The normalized spacial score (nSPS) is 15.2. The van der Waals surface area contributed by atoms with Crippen molar-refractivity contribution in [2.24, 2.45) is 0 Å². The van der Waals surface area contributed by atoms with Crippen molar-refractivity contribution in [3.63, 3.8) is 0 Å². The van der Waals surface area contributed by atoms with Gasteiger partial charge in [0.15, 0.2) is 11.5 Å². The van der Waals surface area contributed by atoms with Crippen molar-refractivity contribution in [2.75, 3.05) is 0 Å². The Morgan fingerprint density at radius 1 is 0.760 bits per heavy atom. The van der Waals surface area contributed by atoms with Gasteiger partial charge in [-0.2, -0.15) is 0 Å². The molecule has 25 heavy (non-hydrogen) atoms. The molecule has 0 aliphatic carbocycles. The number of carbonyl (C=O) groups excluding carboxylic acids is 2. The molecule has 5 nitrogen and oxygen atoms in total. The number of carbonyl (C=O) groups is 2. The lowest BCUT2D eigenvalue weighted by Crippen LogP contribution is -2.14. The summed E-state index contributed by atoms with van der Waals surface area (Å²) in [6, 6.07) is 15.7. The van der Waals surface area contributed by atoms with Gasteiger partial charge in [-0.15, -0.1) is 0 Å². The zero-order valence-electron chi connectivity index (χ0n) is 12.8. The van der Waals surface area contributed by atoms with Crippen LogP contribution in [-0.4, -0.2) is 12.3 Å². The van der Waals surface area contributed by atoms with Gasteiger partial charge in [0.25, 0.3) is 0 Å². The van der Waals surface area contributed by atoms with E-state index in [4.69, 9.17) is 9.47 Å². The first-order valence-electron chi connectivity index (χ1n) is 7.65. The van der Waals surface area contributed by atoms with Gasteiger partial charge in [0, 0.05) is 21.6 Å². The van der Waals surface area contributed by atoms with Crippen LogP contribution in [-0.2, 0) is 11.2 Å². The molecule has 0 radical (unpaired) electrons. The van der Waals surface area contributed by atoms with Crippen LogP contribution in [0.15, 0.2) is 58.3 Å². The van der Waals surface area contributed by atoms with Crippen molar-refractivity contribution >= 4 is 34.8 Å². The van der Waals surface area contributed by atoms with Crippen LogP contribution in [0.25, 0.3) is 10.8 Å². The first-order valence-corrected chi connectivity index (χ1v) is 8.46. The van der Waals surface area contributed by atoms with E-state index < -0.39 is 12.3 Å². The molecule has 0 amide bonds. The molecule has 122 valence electrons. The first-order chi connectivity index (χ1) is 12.2. The van der Waals surface area contributed by atoms with Crippen molar-refractivity contribution in [1.82, 2.24) is 0 Å². The Balaban J connectivity index is 1.72. The number of cyclic esters (lactones) is 2. The molecule has 3 aromatic carbocycles. The Morgan fingerprint density at radius 2 is 1.56 bits per heavy atom. The van der Waals surface area contributed by atoms with Gasteiger partial charge in [-0.05, 0) is 40.8 Å². The van der Waals surface area contributed by atoms with Crippen LogP contribution in [0.1, 0.15) is 11.1 Å². The summed E-state index contributed by atoms with van der Waals surface area (Å²) in [5.74, 6) is 0.382. The molecule has 2 heterocycles. The smallest absolute Gasteiger partial charge is 0.391 e. The Bertz CT molecular complexity index is 1070. The molecule has 0 saturated heterocycles. The topological polar surface area (TPSA) is 61.8 Å². The molecule has 3 aromatic rings. The third-order valence-corrected chi connectivity index (χ3v) is 5.51. The average molecular weight is 350 g/mol. The maximum absolute atomic E-state index is 11.6. The summed E-state index contributed by atoms with van der Waals surface area (Å²) in [4.78, 5) is 25.4. The summed E-state index contributed by atoms with van der Waals surface area (Å²) in [5, 5.41) is 1.67. The number of rotatable bonds is 0. The van der Waals surface area contributed by atoms with Crippen molar-refractivity contribution < 1.29 is 23.8 Å².